The van der Waals surface area contributed by atoms with Gasteiger partial charge in [-0.2, -0.15) is 0 Å². The number of nitrogens with zero attached hydrogens (tertiary/aromatic N) is 1. The lowest BCUT2D eigenvalue weighted by molar-refractivity contribution is 0.0996. The first-order valence-corrected chi connectivity index (χ1v) is 8.29. The zero-order valence-corrected chi connectivity index (χ0v) is 13.7. The molecule has 1 N–H and O–H groups in total. The summed E-state index contributed by atoms with van der Waals surface area (Å²) in [5.41, 5.74) is 2.46. The first-order chi connectivity index (χ1) is 11.7. The number of fused-ring (bicyclic) bond motifs is 1. The van der Waals surface area contributed by atoms with E-state index in [1.54, 1.807) is 6.07 Å². The van der Waals surface area contributed by atoms with E-state index in [-0.39, 0.29) is 5.91 Å². The van der Waals surface area contributed by atoms with Crippen LogP contribution >= 0.6 is 11.3 Å². The Labute approximate surface area is 142 Å². The number of carbonyl (C=O) groups is 1. The highest BCUT2D eigenvalue weighted by Gasteiger charge is 2.16. The van der Waals surface area contributed by atoms with Crippen LogP contribution in [0.3, 0.4) is 0 Å². The minimum absolute atomic E-state index is 0.297. The van der Waals surface area contributed by atoms with E-state index in [9.17, 15) is 4.79 Å². The summed E-state index contributed by atoms with van der Waals surface area (Å²) in [7, 11) is 0. The van der Waals surface area contributed by atoms with Gasteiger partial charge < -0.3 is 13.9 Å². The molecular weight excluding hydrogens is 328 g/mol. The fourth-order valence-electron chi connectivity index (χ4n) is 2.43. The van der Waals surface area contributed by atoms with Gasteiger partial charge in [0.15, 0.2) is 22.4 Å². The molecule has 3 heterocycles. The van der Waals surface area contributed by atoms with Gasteiger partial charge in [0.1, 0.15) is 13.2 Å². The van der Waals surface area contributed by atoms with E-state index in [0.717, 1.165) is 22.6 Å². The van der Waals surface area contributed by atoms with Crippen LogP contribution in [0, 0.1) is 6.92 Å². The lowest BCUT2D eigenvalue weighted by Crippen LogP contribution is -2.15. The minimum atomic E-state index is -0.305. The van der Waals surface area contributed by atoms with Crippen molar-refractivity contribution in [1.82, 2.24) is 4.98 Å². The summed E-state index contributed by atoms with van der Waals surface area (Å²) in [6.07, 6.45) is 1.49. The standard InChI is InChI=1S/C17H14N2O4S/c1-10-4-5-23-15(10)16(20)19-17-18-12(9-24-17)11-2-3-13-14(8-11)22-7-6-21-13/h2-5,8-9H,6-7H2,1H3,(H,18,19,20). The lowest BCUT2D eigenvalue weighted by Gasteiger charge is -2.18. The zero-order valence-electron chi connectivity index (χ0n) is 12.9. The molecule has 0 atom stereocenters. The second-order valence-electron chi connectivity index (χ2n) is 5.28. The average molecular weight is 342 g/mol. The molecule has 0 spiro atoms. The maximum absolute atomic E-state index is 12.2. The van der Waals surface area contributed by atoms with Crippen LogP contribution in [0.1, 0.15) is 16.1 Å². The molecule has 1 aromatic carbocycles. The third kappa shape index (κ3) is 2.74. The molecule has 0 fully saturated rings. The van der Waals surface area contributed by atoms with Crippen molar-refractivity contribution in [1.29, 1.82) is 0 Å². The van der Waals surface area contributed by atoms with Crippen molar-refractivity contribution in [3.63, 3.8) is 0 Å². The number of carbonyl (C=O) groups excluding carboxylic acids is 1. The van der Waals surface area contributed by atoms with E-state index in [1.807, 2.05) is 30.5 Å². The van der Waals surface area contributed by atoms with Gasteiger partial charge in [-0.25, -0.2) is 4.98 Å². The summed E-state index contributed by atoms with van der Waals surface area (Å²) in [5.74, 6) is 1.44. The number of aryl methyl sites for hydroxylation is 1. The summed E-state index contributed by atoms with van der Waals surface area (Å²) in [5, 5.41) is 5.16. The third-order valence-electron chi connectivity index (χ3n) is 3.63. The summed E-state index contributed by atoms with van der Waals surface area (Å²) in [6.45, 7) is 2.92. The Morgan fingerprint density at radius 1 is 1.21 bits per heavy atom. The van der Waals surface area contributed by atoms with E-state index in [1.165, 1.54) is 17.6 Å². The highest BCUT2D eigenvalue weighted by atomic mass is 32.1. The van der Waals surface area contributed by atoms with E-state index >= 15 is 0 Å². The van der Waals surface area contributed by atoms with Crippen molar-refractivity contribution < 1.29 is 18.7 Å². The number of ether oxygens (including phenoxy) is 2. The number of rotatable bonds is 3. The summed E-state index contributed by atoms with van der Waals surface area (Å²) < 4.78 is 16.3. The van der Waals surface area contributed by atoms with Crippen molar-refractivity contribution in [2.75, 3.05) is 18.5 Å². The lowest BCUT2D eigenvalue weighted by atomic mass is 10.1. The molecule has 0 unspecified atom stereocenters. The number of thiazole rings is 1. The molecule has 1 amide bonds. The first-order valence-electron chi connectivity index (χ1n) is 7.42. The molecule has 1 aliphatic rings. The predicted molar refractivity (Wildman–Crippen MR) is 89.9 cm³/mol. The van der Waals surface area contributed by atoms with Crippen LogP contribution in [-0.2, 0) is 0 Å². The van der Waals surface area contributed by atoms with Crippen LogP contribution in [0.4, 0.5) is 5.13 Å². The van der Waals surface area contributed by atoms with Crippen molar-refractivity contribution in [3.8, 4) is 22.8 Å². The van der Waals surface area contributed by atoms with Crippen LogP contribution in [-0.4, -0.2) is 24.1 Å². The number of anilines is 1. The number of nitrogens with one attached hydrogen (secondary N) is 1. The Bertz CT molecular complexity index is 900. The van der Waals surface area contributed by atoms with Gasteiger partial charge >= 0.3 is 0 Å². The van der Waals surface area contributed by atoms with Gasteiger partial charge in [-0.3, -0.25) is 10.1 Å². The first kappa shape index (κ1) is 14.8. The van der Waals surface area contributed by atoms with Crippen molar-refractivity contribution in [3.05, 3.63) is 47.2 Å². The summed E-state index contributed by atoms with van der Waals surface area (Å²) in [4.78, 5) is 16.6. The van der Waals surface area contributed by atoms with E-state index in [4.69, 9.17) is 13.9 Å². The maximum atomic E-state index is 12.2. The molecule has 7 heteroatoms. The number of benzene rings is 1. The van der Waals surface area contributed by atoms with Crippen LogP contribution in [0.25, 0.3) is 11.3 Å². The third-order valence-corrected chi connectivity index (χ3v) is 4.39. The van der Waals surface area contributed by atoms with Crippen LogP contribution in [0.15, 0.2) is 40.3 Å². The zero-order chi connectivity index (χ0) is 16.5. The number of hydrogen-bond acceptors (Lipinski definition) is 6. The van der Waals surface area contributed by atoms with Gasteiger partial charge in [0, 0.05) is 16.5 Å². The Morgan fingerprint density at radius 2 is 2.04 bits per heavy atom. The SMILES string of the molecule is Cc1ccoc1C(=O)Nc1nc(-c2ccc3c(c2)OCCO3)cs1. The van der Waals surface area contributed by atoms with Gasteiger partial charge in [-0.15, -0.1) is 11.3 Å². The van der Waals surface area contributed by atoms with Crippen LogP contribution in [0.2, 0.25) is 0 Å². The molecule has 6 nitrogen and oxygen atoms in total. The second kappa shape index (κ2) is 6.01. The van der Waals surface area contributed by atoms with Crippen molar-refractivity contribution in [2.45, 2.75) is 6.92 Å². The molecule has 1 aliphatic heterocycles. The molecule has 0 radical (unpaired) electrons. The predicted octanol–water partition coefficient (Wildman–Crippen LogP) is 3.74. The van der Waals surface area contributed by atoms with Crippen LogP contribution < -0.4 is 14.8 Å². The molecule has 0 bridgehead atoms. The highest BCUT2D eigenvalue weighted by Crippen LogP contribution is 2.35. The van der Waals surface area contributed by atoms with E-state index in [2.05, 4.69) is 10.3 Å². The minimum Gasteiger partial charge on any atom is -0.486 e. The molecule has 0 saturated carbocycles. The average Bonchev–Trinajstić information content (AvgIpc) is 3.23. The number of amides is 1. The van der Waals surface area contributed by atoms with E-state index in [0.29, 0.717) is 29.9 Å². The molecule has 0 aliphatic carbocycles. The largest absolute Gasteiger partial charge is 0.486 e. The van der Waals surface area contributed by atoms with E-state index < -0.39 is 0 Å². The Hall–Kier alpha value is -2.80. The smallest absolute Gasteiger partial charge is 0.293 e. The number of furan rings is 1. The van der Waals surface area contributed by atoms with Crippen molar-refractivity contribution >= 4 is 22.4 Å². The van der Waals surface area contributed by atoms with Gasteiger partial charge in [0.25, 0.3) is 5.91 Å². The molecule has 0 saturated heterocycles. The van der Waals surface area contributed by atoms with Gasteiger partial charge in [-0.1, -0.05) is 0 Å². The van der Waals surface area contributed by atoms with Crippen molar-refractivity contribution in [2.24, 2.45) is 0 Å². The molecular formula is C17H14N2O4S. The molecule has 24 heavy (non-hydrogen) atoms. The molecule has 3 aromatic rings. The Morgan fingerprint density at radius 3 is 2.83 bits per heavy atom. The quantitative estimate of drug-likeness (QED) is 0.785. The van der Waals surface area contributed by atoms with Gasteiger partial charge in [0.2, 0.25) is 0 Å². The highest BCUT2D eigenvalue weighted by molar-refractivity contribution is 7.14. The fraction of sp³-hybridized carbons (Fsp3) is 0.176. The topological polar surface area (TPSA) is 73.6 Å². The van der Waals surface area contributed by atoms with Crippen LogP contribution in [0.5, 0.6) is 11.5 Å². The Balaban J connectivity index is 1.54. The molecule has 2 aromatic heterocycles. The molecule has 4 rings (SSSR count). The Kier molecular flexibility index (Phi) is 3.70. The summed E-state index contributed by atoms with van der Waals surface area (Å²) >= 11 is 1.36. The maximum Gasteiger partial charge on any atom is 0.293 e. The number of hydrogen-bond donors (Lipinski definition) is 1. The summed E-state index contributed by atoms with van der Waals surface area (Å²) in [6, 6.07) is 7.43. The molecule has 122 valence electrons. The van der Waals surface area contributed by atoms with Gasteiger partial charge in [-0.05, 0) is 31.2 Å². The normalized spacial score (nSPS) is 12.9. The number of aromatic nitrogens is 1. The monoisotopic (exact) mass is 342 g/mol. The van der Waals surface area contributed by atoms with Gasteiger partial charge in [0.05, 0.1) is 12.0 Å². The second-order valence-corrected chi connectivity index (χ2v) is 6.14. The fourth-order valence-corrected chi connectivity index (χ4v) is 3.14.